The summed E-state index contributed by atoms with van der Waals surface area (Å²) in [6.45, 7) is 4.97. The summed E-state index contributed by atoms with van der Waals surface area (Å²) >= 11 is 1.69. The van der Waals surface area contributed by atoms with Gasteiger partial charge >= 0.3 is 0 Å². The molecule has 5 heteroatoms. The maximum absolute atomic E-state index is 4.22. The zero-order valence-electron chi connectivity index (χ0n) is 12.5. The second-order valence-corrected chi connectivity index (χ2v) is 6.94. The molecule has 0 amide bonds. The molecular weight excluding hydrogens is 292 g/mol. The molecule has 0 saturated heterocycles. The minimum absolute atomic E-state index is 0.906. The van der Waals surface area contributed by atoms with Gasteiger partial charge in [-0.1, -0.05) is 24.3 Å². The van der Waals surface area contributed by atoms with E-state index in [0.717, 1.165) is 36.1 Å². The van der Waals surface area contributed by atoms with Crippen molar-refractivity contribution in [3.8, 4) is 0 Å². The van der Waals surface area contributed by atoms with Crippen LogP contribution in [-0.4, -0.2) is 33.2 Å². The molecule has 2 aromatic heterocycles. The highest BCUT2D eigenvalue weighted by Crippen LogP contribution is 2.29. The smallest absolute Gasteiger partial charge is 0.131 e. The van der Waals surface area contributed by atoms with Crippen LogP contribution in [0.2, 0.25) is 0 Å². The fraction of sp³-hybridized carbons (Fsp3) is 0.294. The summed E-state index contributed by atoms with van der Waals surface area (Å²) in [4.78, 5) is 5.80. The largest absolute Gasteiger partial charge is 0.361 e. The third-order valence-corrected chi connectivity index (χ3v) is 4.98. The van der Waals surface area contributed by atoms with E-state index in [2.05, 4.69) is 56.6 Å². The van der Waals surface area contributed by atoms with Gasteiger partial charge in [-0.3, -0.25) is 4.90 Å². The van der Waals surface area contributed by atoms with E-state index in [-0.39, 0.29) is 0 Å². The van der Waals surface area contributed by atoms with Crippen molar-refractivity contribution in [3.63, 3.8) is 0 Å². The zero-order chi connectivity index (χ0) is 14.9. The molecule has 1 aliphatic heterocycles. The summed E-state index contributed by atoms with van der Waals surface area (Å²) < 4.78 is 0. The third-order valence-electron chi connectivity index (χ3n) is 4.16. The first-order chi connectivity index (χ1) is 10.8. The van der Waals surface area contributed by atoms with Gasteiger partial charge in [0, 0.05) is 35.8 Å². The van der Waals surface area contributed by atoms with E-state index >= 15 is 0 Å². The predicted molar refractivity (Wildman–Crippen MR) is 90.8 cm³/mol. The van der Waals surface area contributed by atoms with Crippen LogP contribution < -0.4 is 0 Å². The molecule has 0 atom stereocenters. The van der Waals surface area contributed by atoms with Crippen molar-refractivity contribution in [2.24, 2.45) is 0 Å². The zero-order valence-corrected chi connectivity index (χ0v) is 13.4. The van der Waals surface area contributed by atoms with Gasteiger partial charge in [-0.25, -0.2) is 0 Å². The number of aromatic nitrogens is 3. The number of aryl methyl sites for hydroxylation is 1. The topological polar surface area (TPSA) is 44.8 Å². The van der Waals surface area contributed by atoms with Gasteiger partial charge in [0.2, 0.25) is 0 Å². The number of aromatic amines is 1. The molecule has 1 aromatic carbocycles. The van der Waals surface area contributed by atoms with Crippen molar-refractivity contribution in [3.05, 3.63) is 52.1 Å². The lowest BCUT2D eigenvalue weighted by Gasteiger charge is -2.25. The molecule has 3 aromatic rings. The predicted octanol–water partition coefficient (Wildman–Crippen LogP) is 3.62. The van der Waals surface area contributed by atoms with Crippen molar-refractivity contribution >= 4 is 27.8 Å². The Balaban J connectivity index is 1.51. The van der Waals surface area contributed by atoms with Crippen LogP contribution in [0, 0.1) is 6.92 Å². The van der Waals surface area contributed by atoms with Crippen molar-refractivity contribution in [2.75, 3.05) is 13.1 Å². The first-order valence-electron chi connectivity index (χ1n) is 7.56. The highest BCUT2D eigenvalue weighted by Gasteiger charge is 2.16. The number of rotatable bonds is 3. The Bertz CT molecular complexity index is 830. The van der Waals surface area contributed by atoms with Gasteiger partial charge in [0.25, 0.3) is 0 Å². The van der Waals surface area contributed by atoms with E-state index in [9.17, 15) is 0 Å². The molecule has 0 fully saturated rings. The Morgan fingerprint density at radius 2 is 2.18 bits per heavy atom. The van der Waals surface area contributed by atoms with Crippen molar-refractivity contribution in [1.82, 2.24) is 20.1 Å². The fourth-order valence-corrected chi connectivity index (χ4v) is 3.78. The lowest BCUT2D eigenvalue weighted by Crippen LogP contribution is -2.27. The fourth-order valence-electron chi connectivity index (χ4n) is 3.03. The number of nitrogens with zero attached hydrogens (tertiary/aromatic N) is 3. The Kier molecular flexibility index (Phi) is 3.52. The van der Waals surface area contributed by atoms with Crippen LogP contribution in [0.1, 0.15) is 22.0 Å². The number of para-hydroxylation sites is 1. The molecule has 0 unspecified atom stereocenters. The normalized spacial score (nSPS) is 16.1. The first kappa shape index (κ1) is 13.7. The molecule has 1 aliphatic rings. The van der Waals surface area contributed by atoms with Crippen LogP contribution >= 0.6 is 11.3 Å². The lowest BCUT2D eigenvalue weighted by molar-refractivity contribution is 0.293. The van der Waals surface area contributed by atoms with E-state index < -0.39 is 0 Å². The average Bonchev–Trinajstić information content (AvgIpc) is 3.14. The third kappa shape index (κ3) is 2.58. The molecule has 0 spiro atoms. The Morgan fingerprint density at radius 1 is 1.27 bits per heavy atom. The SMILES string of the molecule is Cc1nnc(CN2CC=C(c3c[nH]c4ccccc34)CC2)s1. The van der Waals surface area contributed by atoms with Gasteiger partial charge in [-0.15, -0.1) is 21.5 Å². The summed E-state index contributed by atoms with van der Waals surface area (Å²) in [5, 5.41) is 11.8. The monoisotopic (exact) mass is 310 g/mol. The van der Waals surface area contributed by atoms with E-state index in [1.165, 1.54) is 22.0 Å². The number of hydrogen-bond acceptors (Lipinski definition) is 4. The molecule has 112 valence electrons. The molecule has 0 radical (unpaired) electrons. The van der Waals surface area contributed by atoms with Gasteiger partial charge in [0.15, 0.2) is 0 Å². The van der Waals surface area contributed by atoms with E-state index in [1.807, 2.05) is 6.92 Å². The number of hydrogen-bond donors (Lipinski definition) is 1. The van der Waals surface area contributed by atoms with Crippen molar-refractivity contribution < 1.29 is 0 Å². The second-order valence-electron chi connectivity index (χ2n) is 5.68. The first-order valence-corrected chi connectivity index (χ1v) is 8.38. The van der Waals surface area contributed by atoms with Gasteiger partial charge in [-0.05, 0) is 25.0 Å². The highest BCUT2D eigenvalue weighted by molar-refractivity contribution is 7.11. The van der Waals surface area contributed by atoms with Gasteiger partial charge in [0.05, 0.1) is 6.54 Å². The quantitative estimate of drug-likeness (QED) is 0.803. The summed E-state index contributed by atoms with van der Waals surface area (Å²) in [6, 6.07) is 8.50. The molecule has 0 saturated carbocycles. The maximum atomic E-state index is 4.22. The number of benzene rings is 1. The summed E-state index contributed by atoms with van der Waals surface area (Å²) in [5.74, 6) is 0. The van der Waals surface area contributed by atoms with Crippen LogP contribution in [0.5, 0.6) is 0 Å². The lowest BCUT2D eigenvalue weighted by atomic mass is 9.99. The molecule has 4 rings (SSSR count). The average molecular weight is 310 g/mol. The van der Waals surface area contributed by atoms with Gasteiger partial charge < -0.3 is 4.98 Å². The molecule has 0 aliphatic carbocycles. The summed E-state index contributed by atoms with van der Waals surface area (Å²) in [6.07, 6.45) is 5.58. The number of nitrogens with one attached hydrogen (secondary N) is 1. The van der Waals surface area contributed by atoms with Gasteiger partial charge in [-0.2, -0.15) is 0 Å². The highest BCUT2D eigenvalue weighted by atomic mass is 32.1. The van der Waals surface area contributed by atoms with Gasteiger partial charge in [0.1, 0.15) is 10.0 Å². The molecular formula is C17H18N4S. The number of fused-ring (bicyclic) bond motifs is 1. The number of H-pyrrole nitrogens is 1. The molecule has 1 N–H and O–H groups in total. The van der Waals surface area contributed by atoms with Crippen LogP contribution in [-0.2, 0) is 6.54 Å². The van der Waals surface area contributed by atoms with Crippen LogP contribution in [0.15, 0.2) is 36.5 Å². The summed E-state index contributed by atoms with van der Waals surface area (Å²) in [5.41, 5.74) is 4.01. The van der Waals surface area contributed by atoms with Crippen LogP contribution in [0.4, 0.5) is 0 Å². The standard InChI is InChI=1S/C17H18N4S/c1-12-19-20-17(22-12)11-21-8-6-13(7-9-21)15-10-18-16-5-3-2-4-14(15)16/h2-6,10,18H,7-9,11H2,1H3. The minimum atomic E-state index is 0.906. The Hall–Kier alpha value is -1.98. The molecule has 0 bridgehead atoms. The maximum Gasteiger partial charge on any atom is 0.131 e. The van der Waals surface area contributed by atoms with E-state index in [0.29, 0.717) is 0 Å². The minimum Gasteiger partial charge on any atom is -0.361 e. The molecule has 22 heavy (non-hydrogen) atoms. The van der Waals surface area contributed by atoms with Crippen molar-refractivity contribution in [2.45, 2.75) is 19.9 Å². The molecule has 3 heterocycles. The van der Waals surface area contributed by atoms with Crippen molar-refractivity contribution in [1.29, 1.82) is 0 Å². The van der Waals surface area contributed by atoms with Crippen LogP contribution in [0.3, 0.4) is 0 Å². The summed E-state index contributed by atoms with van der Waals surface area (Å²) in [7, 11) is 0. The second kappa shape index (κ2) is 5.66. The van der Waals surface area contributed by atoms with E-state index in [1.54, 1.807) is 11.3 Å². The van der Waals surface area contributed by atoms with Crippen LogP contribution in [0.25, 0.3) is 16.5 Å². The molecule has 4 nitrogen and oxygen atoms in total. The van der Waals surface area contributed by atoms with E-state index in [4.69, 9.17) is 0 Å². The Labute approximate surface area is 133 Å². The Morgan fingerprint density at radius 3 is 2.95 bits per heavy atom.